The summed E-state index contributed by atoms with van der Waals surface area (Å²) in [5, 5.41) is 5.52. The molecule has 0 unspecified atom stereocenters. The zero-order valence-corrected chi connectivity index (χ0v) is 19.4. The molecule has 1 saturated heterocycles. The summed E-state index contributed by atoms with van der Waals surface area (Å²) in [6.45, 7) is 6.35. The van der Waals surface area contributed by atoms with E-state index in [0.29, 0.717) is 18.7 Å². The van der Waals surface area contributed by atoms with Gasteiger partial charge in [-0.05, 0) is 35.4 Å². The van der Waals surface area contributed by atoms with Crippen LogP contribution in [0.15, 0.2) is 77.7 Å². The summed E-state index contributed by atoms with van der Waals surface area (Å²) in [5.74, 6) is 0.0399. The second-order valence-electron chi connectivity index (χ2n) is 8.92. The van der Waals surface area contributed by atoms with Gasteiger partial charge in [-0.3, -0.25) is 23.8 Å². The standard InChI is InChI=1S/C27H29N5O2/c1-20(23-10-6-8-21-7-2-3-9-24(21)23)28-26(33)19-31-15-13-30(14-16-31)18-22-17-27(34)32-12-5-4-11-25(32)29-22/h2-12,17,20H,13-16,18-19H2,1H3,(H,28,33)/t20-/m1/s1. The van der Waals surface area contributed by atoms with E-state index in [1.54, 1.807) is 16.7 Å². The summed E-state index contributed by atoms with van der Waals surface area (Å²) in [6.07, 6.45) is 1.74. The predicted molar refractivity (Wildman–Crippen MR) is 134 cm³/mol. The highest BCUT2D eigenvalue weighted by atomic mass is 16.2. The Balaban J connectivity index is 1.14. The van der Waals surface area contributed by atoms with Crippen LogP contribution in [0.3, 0.4) is 0 Å². The number of fused-ring (bicyclic) bond motifs is 2. The molecule has 4 aromatic rings. The Morgan fingerprint density at radius 1 is 0.971 bits per heavy atom. The maximum absolute atomic E-state index is 12.8. The molecule has 1 atom stereocenters. The molecule has 0 radical (unpaired) electrons. The number of aromatic nitrogens is 2. The molecule has 34 heavy (non-hydrogen) atoms. The lowest BCUT2D eigenvalue weighted by Crippen LogP contribution is -2.49. The van der Waals surface area contributed by atoms with Crippen LogP contribution in [-0.4, -0.2) is 57.8 Å². The number of nitrogens with zero attached hydrogens (tertiary/aromatic N) is 4. The van der Waals surface area contributed by atoms with Crippen molar-refractivity contribution in [2.75, 3.05) is 32.7 Å². The van der Waals surface area contributed by atoms with Crippen molar-refractivity contribution in [3.63, 3.8) is 0 Å². The highest BCUT2D eigenvalue weighted by Crippen LogP contribution is 2.24. The van der Waals surface area contributed by atoms with Crippen LogP contribution in [0.4, 0.5) is 0 Å². The Kier molecular flexibility index (Phi) is 6.38. The van der Waals surface area contributed by atoms with E-state index in [-0.39, 0.29) is 17.5 Å². The summed E-state index contributed by atoms with van der Waals surface area (Å²) in [4.78, 5) is 34.2. The van der Waals surface area contributed by atoms with Crippen LogP contribution in [0.5, 0.6) is 0 Å². The average molecular weight is 456 g/mol. The van der Waals surface area contributed by atoms with E-state index in [4.69, 9.17) is 0 Å². The minimum absolute atomic E-state index is 0.0399. The first kappa shape index (κ1) is 22.3. The van der Waals surface area contributed by atoms with E-state index in [1.807, 2.05) is 43.3 Å². The Bertz CT molecular complexity index is 1370. The number of nitrogens with one attached hydrogen (secondary N) is 1. The third-order valence-electron chi connectivity index (χ3n) is 6.51. The van der Waals surface area contributed by atoms with Crippen LogP contribution < -0.4 is 10.9 Å². The largest absolute Gasteiger partial charge is 0.348 e. The molecule has 7 heteroatoms. The van der Waals surface area contributed by atoms with Crippen molar-refractivity contribution in [2.45, 2.75) is 19.5 Å². The third-order valence-corrected chi connectivity index (χ3v) is 6.51. The number of pyridine rings is 1. The molecular weight excluding hydrogens is 426 g/mol. The average Bonchev–Trinajstić information content (AvgIpc) is 2.85. The van der Waals surface area contributed by atoms with Crippen molar-refractivity contribution in [1.82, 2.24) is 24.5 Å². The number of piperazine rings is 1. The predicted octanol–water partition coefficient (Wildman–Crippen LogP) is 2.84. The minimum atomic E-state index is -0.0591. The second kappa shape index (κ2) is 9.75. The fraction of sp³-hybridized carbons (Fsp3) is 0.296. The maximum atomic E-state index is 12.8. The molecule has 3 heterocycles. The van der Waals surface area contributed by atoms with E-state index in [0.717, 1.165) is 37.4 Å². The van der Waals surface area contributed by atoms with Gasteiger partial charge in [-0.1, -0.05) is 48.5 Å². The zero-order valence-electron chi connectivity index (χ0n) is 19.4. The van der Waals surface area contributed by atoms with Gasteiger partial charge < -0.3 is 5.32 Å². The van der Waals surface area contributed by atoms with Crippen molar-refractivity contribution in [3.8, 4) is 0 Å². The van der Waals surface area contributed by atoms with Crippen molar-refractivity contribution in [3.05, 3.63) is 94.5 Å². The lowest BCUT2D eigenvalue weighted by molar-refractivity contribution is -0.123. The number of carbonyl (C=O) groups is 1. The van der Waals surface area contributed by atoms with Crippen molar-refractivity contribution in [1.29, 1.82) is 0 Å². The maximum Gasteiger partial charge on any atom is 0.258 e. The fourth-order valence-electron chi connectivity index (χ4n) is 4.71. The molecule has 1 N–H and O–H groups in total. The van der Waals surface area contributed by atoms with Crippen molar-refractivity contribution < 1.29 is 4.79 Å². The van der Waals surface area contributed by atoms with Gasteiger partial charge in [0.1, 0.15) is 5.65 Å². The van der Waals surface area contributed by atoms with Gasteiger partial charge in [0.15, 0.2) is 0 Å². The molecule has 7 nitrogen and oxygen atoms in total. The summed E-state index contributed by atoms with van der Waals surface area (Å²) in [6, 6.07) is 21.6. The van der Waals surface area contributed by atoms with Crippen LogP contribution in [0.25, 0.3) is 16.4 Å². The van der Waals surface area contributed by atoms with Gasteiger partial charge in [-0.15, -0.1) is 0 Å². The van der Waals surface area contributed by atoms with Gasteiger partial charge in [0.05, 0.1) is 18.3 Å². The van der Waals surface area contributed by atoms with Gasteiger partial charge in [0.25, 0.3) is 5.56 Å². The highest BCUT2D eigenvalue weighted by Gasteiger charge is 2.21. The fourth-order valence-corrected chi connectivity index (χ4v) is 4.71. The zero-order chi connectivity index (χ0) is 23.5. The molecule has 0 spiro atoms. The van der Waals surface area contributed by atoms with Crippen LogP contribution in [0, 0.1) is 0 Å². The topological polar surface area (TPSA) is 70.0 Å². The van der Waals surface area contributed by atoms with E-state index in [2.05, 4.69) is 44.4 Å². The van der Waals surface area contributed by atoms with Crippen LogP contribution in [-0.2, 0) is 11.3 Å². The van der Waals surface area contributed by atoms with Gasteiger partial charge in [0, 0.05) is 45.0 Å². The first-order valence-electron chi connectivity index (χ1n) is 11.8. The molecule has 0 saturated carbocycles. The molecule has 0 aliphatic carbocycles. The normalized spacial score (nSPS) is 16.0. The van der Waals surface area contributed by atoms with Crippen molar-refractivity contribution >= 4 is 22.3 Å². The van der Waals surface area contributed by atoms with Gasteiger partial charge in [0.2, 0.25) is 5.91 Å². The molecule has 0 bridgehead atoms. The van der Waals surface area contributed by atoms with Gasteiger partial charge in [-0.2, -0.15) is 0 Å². The number of rotatable bonds is 6. The Morgan fingerprint density at radius 2 is 1.71 bits per heavy atom. The van der Waals surface area contributed by atoms with E-state index in [9.17, 15) is 9.59 Å². The Hall–Kier alpha value is -3.55. The summed E-state index contributed by atoms with van der Waals surface area (Å²) >= 11 is 0. The summed E-state index contributed by atoms with van der Waals surface area (Å²) < 4.78 is 1.55. The van der Waals surface area contributed by atoms with Crippen molar-refractivity contribution in [2.24, 2.45) is 0 Å². The van der Waals surface area contributed by atoms with Crippen LogP contribution >= 0.6 is 0 Å². The SMILES string of the molecule is C[C@@H](NC(=O)CN1CCN(Cc2cc(=O)n3ccccc3n2)CC1)c1cccc2ccccc12. The number of benzene rings is 2. The second-order valence-corrected chi connectivity index (χ2v) is 8.92. The lowest BCUT2D eigenvalue weighted by atomic mass is 10.00. The van der Waals surface area contributed by atoms with Crippen LogP contribution in [0.2, 0.25) is 0 Å². The molecule has 1 fully saturated rings. The number of hydrogen-bond acceptors (Lipinski definition) is 5. The van der Waals surface area contributed by atoms with E-state index >= 15 is 0 Å². The molecule has 5 rings (SSSR count). The molecule has 1 aliphatic rings. The molecule has 2 aromatic heterocycles. The highest BCUT2D eigenvalue weighted by molar-refractivity contribution is 5.87. The van der Waals surface area contributed by atoms with Gasteiger partial charge >= 0.3 is 0 Å². The number of amides is 1. The quantitative estimate of drug-likeness (QED) is 0.484. The summed E-state index contributed by atoms with van der Waals surface area (Å²) in [5.41, 5.74) is 2.53. The minimum Gasteiger partial charge on any atom is -0.348 e. The molecular formula is C27H29N5O2. The first-order chi connectivity index (χ1) is 16.6. The smallest absolute Gasteiger partial charge is 0.258 e. The monoisotopic (exact) mass is 455 g/mol. The molecule has 1 aliphatic heterocycles. The Labute approximate surface area is 198 Å². The number of hydrogen-bond donors (Lipinski definition) is 1. The third kappa shape index (κ3) is 4.85. The molecule has 2 aromatic carbocycles. The van der Waals surface area contributed by atoms with E-state index in [1.165, 1.54) is 10.8 Å². The Morgan fingerprint density at radius 3 is 2.56 bits per heavy atom. The number of carbonyl (C=O) groups excluding carboxylic acids is 1. The van der Waals surface area contributed by atoms with E-state index < -0.39 is 0 Å². The van der Waals surface area contributed by atoms with Gasteiger partial charge in [-0.25, -0.2) is 4.98 Å². The molecule has 1 amide bonds. The van der Waals surface area contributed by atoms with Crippen LogP contribution in [0.1, 0.15) is 24.2 Å². The first-order valence-corrected chi connectivity index (χ1v) is 11.8. The lowest BCUT2D eigenvalue weighted by Gasteiger charge is -2.34. The molecule has 174 valence electrons. The summed E-state index contributed by atoms with van der Waals surface area (Å²) in [7, 11) is 0.